The highest BCUT2D eigenvalue weighted by atomic mass is 15.1. The molecule has 10 aromatic carbocycles. The summed E-state index contributed by atoms with van der Waals surface area (Å²) in [6.45, 7) is 0. The molecule has 3 aliphatic carbocycles. The van der Waals surface area contributed by atoms with E-state index in [0.29, 0.717) is 0 Å². The standard InChI is InChI=1S/C63H43N/c1-3-13-41(14-4-1)43-23-25-45(26-24-43)54-20-11-12-22-60(54)64(51-32-27-44(28-33-51)42-15-5-2-6-16-42)52-34-29-46(30-35-52)57-40-50-37-49-31-36-56-53-19-9-7-17-47(53)38-58(56)61(49)62(50)63-55-21-10-8-18-48(55)39-59(57)63/h1-36,40H,37-39H2. The van der Waals surface area contributed by atoms with Crippen LogP contribution >= 0.6 is 0 Å². The zero-order chi connectivity index (χ0) is 42.1. The first-order valence-electron chi connectivity index (χ1n) is 22.5. The van der Waals surface area contributed by atoms with Gasteiger partial charge in [0.2, 0.25) is 0 Å². The molecule has 13 rings (SSSR count). The summed E-state index contributed by atoms with van der Waals surface area (Å²) in [6, 6.07) is 83.0. The third kappa shape index (κ3) is 5.93. The quantitative estimate of drug-likeness (QED) is 0.155. The van der Waals surface area contributed by atoms with Gasteiger partial charge in [0.25, 0.3) is 0 Å². The molecule has 0 radical (unpaired) electrons. The Labute approximate surface area is 375 Å². The van der Waals surface area contributed by atoms with Crippen LogP contribution in [0.5, 0.6) is 0 Å². The van der Waals surface area contributed by atoms with Crippen LogP contribution < -0.4 is 4.90 Å². The maximum Gasteiger partial charge on any atom is 0.0540 e. The smallest absolute Gasteiger partial charge is 0.0540 e. The Balaban J connectivity index is 0.930. The van der Waals surface area contributed by atoms with Crippen LogP contribution in [0.2, 0.25) is 0 Å². The van der Waals surface area contributed by atoms with Gasteiger partial charge in [-0.25, -0.2) is 0 Å². The molecule has 0 saturated heterocycles. The minimum atomic E-state index is 0.941. The molecule has 0 fully saturated rings. The van der Waals surface area contributed by atoms with Crippen LogP contribution in [0.1, 0.15) is 33.4 Å². The number of anilines is 3. The van der Waals surface area contributed by atoms with Crippen LogP contribution in [-0.4, -0.2) is 0 Å². The fourth-order valence-electron chi connectivity index (χ4n) is 11.0. The fourth-order valence-corrected chi connectivity index (χ4v) is 11.0. The van der Waals surface area contributed by atoms with E-state index in [1.807, 2.05) is 0 Å². The summed E-state index contributed by atoms with van der Waals surface area (Å²) >= 11 is 0. The highest BCUT2D eigenvalue weighted by Crippen LogP contribution is 2.56. The first kappa shape index (κ1) is 36.6. The van der Waals surface area contributed by atoms with E-state index in [0.717, 1.165) is 36.3 Å². The predicted molar refractivity (Wildman–Crippen MR) is 268 cm³/mol. The molecule has 64 heavy (non-hydrogen) atoms. The van der Waals surface area contributed by atoms with Crippen molar-refractivity contribution < 1.29 is 0 Å². The minimum absolute atomic E-state index is 0.941. The second-order valence-corrected chi connectivity index (χ2v) is 17.5. The molecule has 300 valence electrons. The molecule has 0 heterocycles. The van der Waals surface area contributed by atoms with Crippen LogP contribution in [0.15, 0.2) is 224 Å². The lowest BCUT2D eigenvalue weighted by Gasteiger charge is -2.28. The van der Waals surface area contributed by atoms with Crippen molar-refractivity contribution in [2.75, 3.05) is 4.90 Å². The normalized spacial score (nSPS) is 12.5. The molecular weight excluding hydrogens is 771 g/mol. The molecule has 0 aromatic heterocycles. The van der Waals surface area contributed by atoms with Gasteiger partial charge < -0.3 is 4.90 Å². The number of fused-ring (bicyclic) bond motifs is 11. The van der Waals surface area contributed by atoms with Crippen LogP contribution in [0, 0.1) is 0 Å². The van der Waals surface area contributed by atoms with Crippen LogP contribution in [0.4, 0.5) is 17.1 Å². The Morgan fingerprint density at radius 2 is 0.719 bits per heavy atom. The second-order valence-electron chi connectivity index (χ2n) is 17.5. The van der Waals surface area contributed by atoms with Crippen molar-refractivity contribution in [3.63, 3.8) is 0 Å². The van der Waals surface area contributed by atoms with Crippen molar-refractivity contribution in [1.29, 1.82) is 0 Å². The summed E-state index contributed by atoms with van der Waals surface area (Å²) < 4.78 is 0. The van der Waals surface area contributed by atoms with Crippen molar-refractivity contribution in [1.82, 2.24) is 0 Å². The predicted octanol–water partition coefficient (Wildman–Crippen LogP) is 16.5. The van der Waals surface area contributed by atoms with E-state index in [-0.39, 0.29) is 0 Å². The van der Waals surface area contributed by atoms with Crippen LogP contribution in [0.3, 0.4) is 0 Å². The van der Waals surface area contributed by atoms with E-state index >= 15 is 0 Å². The number of benzene rings is 10. The number of para-hydroxylation sites is 1. The minimum Gasteiger partial charge on any atom is -0.310 e. The first-order chi connectivity index (χ1) is 31.7. The summed E-state index contributed by atoms with van der Waals surface area (Å²) in [5.41, 5.74) is 30.5. The number of nitrogens with zero attached hydrogens (tertiary/aromatic N) is 1. The molecule has 1 nitrogen and oxygen atoms in total. The third-order valence-electron chi connectivity index (χ3n) is 14.0. The molecule has 1 heteroatoms. The number of hydrogen-bond acceptors (Lipinski definition) is 1. The summed E-state index contributed by atoms with van der Waals surface area (Å²) in [4.78, 5) is 2.43. The Hall–Kier alpha value is -8.00. The molecule has 0 atom stereocenters. The van der Waals surface area contributed by atoms with Gasteiger partial charge in [-0.1, -0.05) is 188 Å². The third-order valence-corrected chi connectivity index (χ3v) is 14.0. The lowest BCUT2D eigenvalue weighted by Crippen LogP contribution is -2.11. The Morgan fingerprint density at radius 3 is 1.38 bits per heavy atom. The zero-order valence-electron chi connectivity index (χ0n) is 35.4. The van der Waals surface area contributed by atoms with E-state index < -0.39 is 0 Å². The molecule has 0 bridgehead atoms. The number of hydrogen-bond donors (Lipinski definition) is 0. The van der Waals surface area contributed by atoms with E-state index in [2.05, 4.69) is 229 Å². The SMILES string of the molecule is c1ccc(-c2ccc(-c3ccccc3N(c3ccc(-c4ccccc4)cc3)c3ccc(-c4cc5c(c6c4Cc4ccccc4-6)-c4c(ccc6c4Cc4ccccc4-6)C5)cc3)cc2)cc1. The Bertz CT molecular complexity index is 3420. The molecule has 10 aromatic rings. The largest absolute Gasteiger partial charge is 0.310 e. The Kier molecular flexibility index (Phi) is 8.49. The van der Waals surface area contributed by atoms with Gasteiger partial charge in [-0.2, -0.15) is 0 Å². The van der Waals surface area contributed by atoms with Gasteiger partial charge in [-0.05, 0) is 161 Å². The van der Waals surface area contributed by atoms with Gasteiger partial charge in [-0.15, -0.1) is 0 Å². The maximum atomic E-state index is 2.54. The zero-order valence-corrected chi connectivity index (χ0v) is 35.4. The van der Waals surface area contributed by atoms with Gasteiger partial charge in [0.1, 0.15) is 0 Å². The topological polar surface area (TPSA) is 3.24 Å². The highest BCUT2D eigenvalue weighted by Gasteiger charge is 2.35. The molecule has 0 saturated carbocycles. The van der Waals surface area contributed by atoms with Crippen LogP contribution in [-0.2, 0) is 19.3 Å². The van der Waals surface area contributed by atoms with Gasteiger partial charge >= 0.3 is 0 Å². The maximum absolute atomic E-state index is 2.54. The van der Waals surface area contributed by atoms with Crippen molar-refractivity contribution >= 4 is 17.1 Å². The van der Waals surface area contributed by atoms with E-state index in [9.17, 15) is 0 Å². The molecular formula is C63H43N. The van der Waals surface area contributed by atoms with Gasteiger partial charge in [0.05, 0.1) is 5.69 Å². The molecule has 0 N–H and O–H groups in total. The van der Waals surface area contributed by atoms with E-state index in [1.165, 1.54) is 111 Å². The molecule has 0 aliphatic heterocycles. The average molecular weight is 814 g/mol. The second kappa shape index (κ2) is 14.8. The molecule has 0 amide bonds. The van der Waals surface area contributed by atoms with E-state index in [1.54, 1.807) is 0 Å². The lowest BCUT2D eigenvalue weighted by atomic mass is 9.86. The summed E-state index contributed by atoms with van der Waals surface area (Å²) in [6.07, 6.45) is 2.91. The van der Waals surface area contributed by atoms with Gasteiger partial charge in [-0.3, -0.25) is 0 Å². The molecule has 0 spiro atoms. The van der Waals surface area contributed by atoms with Gasteiger partial charge in [0.15, 0.2) is 0 Å². The van der Waals surface area contributed by atoms with Crippen molar-refractivity contribution in [3.05, 3.63) is 258 Å². The van der Waals surface area contributed by atoms with Crippen molar-refractivity contribution in [2.24, 2.45) is 0 Å². The highest BCUT2D eigenvalue weighted by molar-refractivity contribution is 6.02. The lowest BCUT2D eigenvalue weighted by molar-refractivity contribution is 1.23. The Morgan fingerprint density at radius 1 is 0.250 bits per heavy atom. The summed E-state index contributed by atoms with van der Waals surface area (Å²) in [5, 5.41) is 0. The summed E-state index contributed by atoms with van der Waals surface area (Å²) in [5.74, 6) is 0. The average Bonchev–Trinajstić information content (AvgIpc) is 4.06. The van der Waals surface area contributed by atoms with Crippen LogP contribution in [0.25, 0.3) is 77.9 Å². The molecule has 3 aliphatic rings. The number of rotatable bonds is 7. The first-order valence-corrected chi connectivity index (χ1v) is 22.5. The van der Waals surface area contributed by atoms with Crippen molar-refractivity contribution in [2.45, 2.75) is 19.3 Å². The monoisotopic (exact) mass is 813 g/mol. The fraction of sp³-hybridized carbons (Fsp3) is 0.0476. The van der Waals surface area contributed by atoms with Gasteiger partial charge in [0, 0.05) is 16.9 Å². The summed E-state index contributed by atoms with van der Waals surface area (Å²) in [7, 11) is 0. The van der Waals surface area contributed by atoms with E-state index in [4.69, 9.17) is 0 Å². The van der Waals surface area contributed by atoms with Crippen molar-refractivity contribution in [3.8, 4) is 77.9 Å². The molecule has 0 unspecified atom stereocenters.